The molecular formula is C15H30. The van der Waals surface area contributed by atoms with Gasteiger partial charge in [-0.05, 0) is 13.8 Å². The van der Waals surface area contributed by atoms with Gasteiger partial charge >= 0.3 is 0 Å². The van der Waals surface area contributed by atoms with Gasteiger partial charge in [0.05, 0.1) is 0 Å². The quantitative estimate of drug-likeness (QED) is 0.510. The summed E-state index contributed by atoms with van der Waals surface area (Å²) in [5.74, 6) is 0. The van der Waals surface area contributed by atoms with Crippen molar-refractivity contribution in [3.63, 3.8) is 0 Å². The molecule has 0 aliphatic rings. The molecule has 0 heteroatoms. The van der Waals surface area contributed by atoms with Crippen molar-refractivity contribution < 1.29 is 0 Å². The first kappa shape index (κ1) is 19.7. The predicted octanol–water partition coefficient (Wildman–Crippen LogP) is 5.77. The number of hydrogen-bond acceptors (Lipinski definition) is 0. The van der Waals surface area contributed by atoms with E-state index in [0.29, 0.717) is 0 Å². The van der Waals surface area contributed by atoms with Gasteiger partial charge in [-0.1, -0.05) is 83.4 Å². The third kappa shape index (κ3) is 19.6. The van der Waals surface area contributed by atoms with Crippen LogP contribution in [0.2, 0.25) is 0 Å². The normalized spacial score (nSPS) is 6.93. The molecule has 0 nitrogen and oxygen atoms in total. The fourth-order valence-electron chi connectivity index (χ4n) is 0.637. The molecule has 1 aromatic carbocycles. The van der Waals surface area contributed by atoms with Crippen molar-refractivity contribution in [3.8, 4) is 0 Å². The van der Waals surface area contributed by atoms with Gasteiger partial charge in [-0.15, -0.1) is 0 Å². The highest BCUT2D eigenvalue weighted by atomic mass is 13.9. The first-order valence-corrected chi connectivity index (χ1v) is 6.24. The molecule has 0 atom stereocenters. The standard InChI is InChI=1S/C8H10.C3H8.2C2H6/c1-7-3-5-8(2)6-4-7;1-3-2;2*1-2/h3-6H,1-2H3;3H2,1-2H3;2*1-2H3. The number of rotatable bonds is 0. The van der Waals surface area contributed by atoms with Gasteiger partial charge in [0.2, 0.25) is 0 Å². The summed E-state index contributed by atoms with van der Waals surface area (Å²) in [5.41, 5.74) is 2.66. The van der Waals surface area contributed by atoms with Crippen LogP contribution in [0.15, 0.2) is 24.3 Å². The van der Waals surface area contributed by atoms with Crippen molar-refractivity contribution in [3.05, 3.63) is 35.4 Å². The van der Waals surface area contributed by atoms with Gasteiger partial charge in [-0.25, -0.2) is 0 Å². The summed E-state index contributed by atoms with van der Waals surface area (Å²) in [5, 5.41) is 0. The van der Waals surface area contributed by atoms with Crippen molar-refractivity contribution in [1.29, 1.82) is 0 Å². The van der Waals surface area contributed by atoms with E-state index in [9.17, 15) is 0 Å². The molecule has 1 aromatic rings. The second kappa shape index (κ2) is 18.9. The summed E-state index contributed by atoms with van der Waals surface area (Å²) in [6, 6.07) is 8.48. The lowest BCUT2D eigenvalue weighted by Crippen LogP contribution is -1.70. The van der Waals surface area contributed by atoms with Gasteiger partial charge in [0.15, 0.2) is 0 Å². The third-order valence-corrected chi connectivity index (χ3v) is 1.22. The first-order chi connectivity index (χ1) is 7.20. The van der Waals surface area contributed by atoms with Crippen LogP contribution in [-0.2, 0) is 0 Å². The van der Waals surface area contributed by atoms with Gasteiger partial charge in [0.1, 0.15) is 0 Å². The lowest BCUT2D eigenvalue weighted by molar-refractivity contribution is 1.09. The van der Waals surface area contributed by atoms with Crippen molar-refractivity contribution in [2.45, 2.75) is 61.8 Å². The summed E-state index contributed by atoms with van der Waals surface area (Å²) in [7, 11) is 0. The highest BCUT2D eigenvalue weighted by Gasteiger charge is 1.79. The van der Waals surface area contributed by atoms with Crippen molar-refractivity contribution in [1.82, 2.24) is 0 Å². The molecule has 0 bridgehead atoms. The molecule has 0 saturated heterocycles. The lowest BCUT2D eigenvalue weighted by atomic mass is 10.2. The zero-order valence-corrected chi connectivity index (χ0v) is 12.0. The second-order valence-corrected chi connectivity index (χ2v) is 2.86. The van der Waals surface area contributed by atoms with Crippen LogP contribution in [-0.4, -0.2) is 0 Å². The third-order valence-electron chi connectivity index (χ3n) is 1.22. The van der Waals surface area contributed by atoms with Gasteiger partial charge in [-0.2, -0.15) is 0 Å². The van der Waals surface area contributed by atoms with Crippen LogP contribution in [0.5, 0.6) is 0 Å². The lowest BCUT2D eigenvalue weighted by Gasteiger charge is -1.90. The zero-order chi connectivity index (χ0) is 12.7. The van der Waals surface area contributed by atoms with Gasteiger partial charge in [0, 0.05) is 0 Å². The van der Waals surface area contributed by atoms with Crippen LogP contribution in [0, 0.1) is 13.8 Å². The monoisotopic (exact) mass is 210 g/mol. The van der Waals surface area contributed by atoms with Gasteiger partial charge < -0.3 is 0 Å². The molecule has 0 saturated carbocycles. The molecule has 0 radical (unpaired) electrons. The van der Waals surface area contributed by atoms with Crippen molar-refractivity contribution in [2.24, 2.45) is 0 Å². The van der Waals surface area contributed by atoms with Crippen LogP contribution >= 0.6 is 0 Å². The molecule has 0 N–H and O–H groups in total. The summed E-state index contributed by atoms with van der Waals surface area (Å²) < 4.78 is 0. The second-order valence-electron chi connectivity index (χ2n) is 2.86. The largest absolute Gasteiger partial charge is 0.0683 e. The maximum Gasteiger partial charge on any atom is -0.0398 e. The van der Waals surface area contributed by atoms with Crippen LogP contribution in [0.1, 0.15) is 59.1 Å². The molecule has 0 heterocycles. The Hall–Kier alpha value is -0.780. The van der Waals surface area contributed by atoms with E-state index in [1.807, 2.05) is 27.7 Å². The molecule has 0 aromatic heterocycles. The predicted molar refractivity (Wildman–Crippen MR) is 74.6 cm³/mol. The molecule has 0 spiro atoms. The molecule has 0 unspecified atom stereocenters. The summed E-state index contributed by atoms with van der Waals surface area (Å²) in [6.45, 7) is 16.4. The van der Waals surface area contributed by atoms with E-state index in [2.05, 4.69) is 52.0 Å². The highest BCUT2D eigenvalue weighted by molar-refractivity contribution is 5.19. The maximum absolute atomic E-state index is 2.12. The minimum Gasteiger partial charge on any atom is -0.0683 e. The Morgan fingerprint density at radius 2 is 0.800 bits per heavy atom. The maximum atomic E-state index is 2.12. The van der Waals surface area contributed by atoms with Gasteiger partial charge in [-0.3, -0.25) is 0 Å². The van der Waals surface area contributed by atoms with E-state index < -0.39 is 0 Å². The van der Waals surface area contributed by atoms with Crippen LogP contribution < -0.4 is 0 Å². The van der Waals surface area contributed by atoms with Crippen LogP contribution in [0.25, 0.3) is 0 Å². The zero-order valence-electron chi connectivity index (χ0n) is 12.0. The molecule has 0 aliphatic heterocycles. The minimum absolute atomic E-state index is 1.25. The molecule has 0 aliphatic carbocycles. The van der Waals surface area contributed by atoms with E-state index in [1.165, 1.54) is 17.5 Å². The summed E-state index contributed by atoms with van der Waals surface area (Å²) in [6.07, 6.45) is 1.25. The number of aryl methyl sites for hydroxylation is 2. The Balaban J connectivity index is -0.000000176. The highest BCUT2D eigenvalue weighted by Crippen LogP contribution is 1.99. The van der Waals surface area contributed by atoms with Crippen molar-refractivity contribution in [2.75, 3.05) is 0 Å². The fourth-order valence-corrected chi connectivity index (χ4v) is 0.637. The summed E-state index contributed by atoms with van der Waals surface area (Å²) in [4.78, 5) is 0. The van der Waals surface area contributed by atoms with E-state index in [1.54, 1.807) is 0 Å². The van der Waals surface area contributed by atoms with E-state index in [4.69, 9.17) is 0 Å². The smallest absolute Gasteiger partial charge is 0.0398 e. The minimum atomic E-state index is 1.25. The Morgan fingerprint density at radius 1 is 0.667 bits per heavy atom. The molecular weight excluding hydrogens is 180 g/mol. The molecule has 0 amide bonds. The number of hydrogen-bond donors (Lipinski definition) is 0. The molecule has 90 valence electrons. The topological polar surface area (TPSA) is 0 Å². The molecule has 15 heavy (non-hydrogen) atoms. The summed E-state index contributed by atoms with van der Waals surface area (Å²) >= 11 is 0. The Morgan fingerprint density at radius 3 is 0.933 bits per heavy atom. The Labute approximate surface area is 97.7 Å². The molecule has 1 rings (SSSR count). The van der Waals surface area contributed by atoms with Crippen molar-refractivity contribution >= 4 is 0 Å². The fraction of sp³-hybridized carbons (Fsp3) is 0.600. The Kier molecular flexibility index (Phi) is 24.9. The SMILES string of the molecule is CC.CC.CCC.Cc1ccc(C)cc1. The van der Waals surface area contributed by atoms with Gasteiger partial charge in [0.25, 0.3) is 0 Å². The van der Waals surface area contributed by atoms with E-state index in [-0.39, 0.29) is 0 Å². The molecule has 0 fully saturated rings. The van der Waals surface area contributed by atoms with Crippen LogP contribution in [0.3, 0.4) is 0 Å². The average Bonchev–Trinajstić information content (AvgIpc) is 2.29. The van der Waals surface area contributed by atoms with E-state index in [0.717, 1.165) is 0 Å². The average molecular weight is 210 g/mol. The van der Waals surface area contributed by atoms with Crippen LogP contribution in [0.4, 0.5) is 0 Å². The first-order valence-electron chi connectivity index (χ1n) is 6.24. The number of benzene rings is 1. The Bertz CT molecular complexity index is 151. The van der Waals surface area contributed by atoms with E-state index >= 15 is 0 Å².